The monoisotopic (exact) mass is 373 g/mol. The first-order chi connectivity index (χ1) is 12.9. The number of rotatable bonds is 5. The molecule has 1 saturated heterocycles. The highest BCUT2D eigenvalue weighted by Gasteiger charge is 2.42. The van der Waals surface area contributed by atoms with Crippen LogP contribution in [0.2, 0.25) is 0 Å². The predicted molar refractivity (Wildman–Crippen MR) is 100 cm³/mol. The molecule has 2 heterocycles. The van der Waals surface area contributed by atoms with Gasteiger partial charge in [0.05, 0.1) is 12.1 Å². The summed E-state index contributed by atoms with van der Waals surface area (Å²) in [4.78, 5) is 38.6. The Hall–Kier alpha value is -2.57. The number of benzene rings is 1. The van der Waals surface area contributed by atoms with Crippen molar-refractivity contribution in [3.8, 4) is 5.75 Å². The van der Waals surface area contributed by atoms with Crippen LogP contribution >= 0.6 is 0 Å². The van der Waals surface area contributed by atoms with Crippen LogP contribution in [-0.4, -0.2) is 48.0 Å². The standard InChI is InChI=1S/C20H27N3O4/c1-3-4-10-21-17(24)13-23-11-9-20(8-7-18(23)25)22-19(26)15-12-14(2)5-6-16(15)27-20/h5-6,12H,3-4,7-11,13H2,1-2H3,(H,21,24)(H,22,26). The second-order valence-electron chi connectivity index (χ2n) is 7.32. The number of likely N-dealkylation sites (tertiary alicyclic amines) is 1. The van der Waals surface area contributed by atoms with Gasteiger partial charge in [-0.25, -0.2) is 0 Å². The third-order valence-electron chi connectivity index (χ3n) is 5.09. The van der Waals surface area contributed by atoms with Gasteiger partial charge in [-0.15, -0.1) is 0 Å². The Morgan fingerprint density at radius 3 is 2.93 bits per heavy atom. The summed E-state index contributed by atoms with van der Waals surface area (Å²) in [5.41, 5.74) is 0.603. The van der Waals surface area contributed by atoms with Gasteiger partial charge >= 0.3 is 0 Å². The van der Waals surface area contributed by atoms with E-state index in [2.05, 4.69) is 17.6 Å². The maximum absolute atomic E-state index is 12.6. The van der Waals surface area contributed by atoms with Crippen molar-refractivity contribution in [3.63, 3.8) is 0 Å². The SMILES string of the molecule is CCCCNC(=O)CN1CCC2(CCC1=O)NC(=O)c1cc(C)ccc1O2. The minimum atomic E-state index is -0.900. The summed E-state index contributed by atoms with van der Waals surface area (Å²) in [5.74, 6) is 0.118. The number of nitrogens with one attached hydrogen (secondary N) is 2. The second kappa shape index (κ2) is 7.98. The number of carbonyl (C=O) groups is 3. The first-order valence-electron chi connectivity index (χ1n) is 9.59. The van der Waals surface area contributed by atoms with Crippen molar-refractivity contribution in [2.24, 2.45) is 0 Å². The van der Waals surface area contributed by atoms with E-state index in [0.717, 1.165) is 18.4 Å². The molecule has 1 aromatic carbocycles. The Bertz CT molecular complexity index is 749. The number of ether oxygens (including phenoxy) is 1. The Labute approximate surface area is 159 Å². The van der Waals surface area contributed by atoms with Crippen molar-refractivity contribution >= 4 is 17.7 Å². The average molecular weight is 373 g/mol. The maximum Gasteiger partial charge on any atom is 0.258 e. The molecule has 27 heavy (non-hydrogen) atoms. The zero-order valence-corrected chi connectivity index (χ0v) is 16.0. The van der Waals surface area contributed by atoms with Crippen molar-refractivity contribution < 1.29 is 19.1 Å². The van der Waals surface area contributed by atoms with Crippen LogP contribution in [0.3, 0.4) is 0 Å². The summed E-state index contributed by atoms with van der Waals surface area (Å²) >= 11 is 0. The summed E-state index contributed by atoms with van der Waals surface area (Å²) in [5, 5.41) is 5.79. The molecule has 1 atom stereocenters. The lowest BCUT2D eigenvalue weighted by Crippen LogP contribution is -2.56. The molecular formula is C20H27N3O4. The molecule has 1 fully saturated rings. The smallest absolute Gasteiger partial charge is 0.258 e. The number of hydrogen-bond donors (Lipinski definition) is 2. The normalized spacial score (nSPS) is 21.9. The van der Waals surface area contributed by atoms with Gasteiger partial charge in [0.15, 0.2) is 5.72 Å². The first kappa shape index (κ1) is 19.2. The number of hydrogen-bond acceptors (Lipinski definition) is 4. The molecule has 0 bridgehead atoms. The minimum absolute atomic E-state index is 0.0440. The number of fused-ring (bicyclic) bond motifs is 1. The lowest BCUT2D eigenvalue weighted by Gasteiger charge is -2.38. The fraction of sp³-hybridized carbons (Fsp3) is 0.550. The Balaban J connectivity index is 1.67. The summed E-state index contributed by atoms with van der Waals surface area (Å²) in [7, 11) is 0. The van der Waals surface area contributed by atoms with Crippen molar-refractivity contribution in [3.05, 3.63) is 29.3 Å². The van der Waals surface area contributed by atoms with E-state index in [-0.39, 0.29) is 30.7 Å². The van der Waals surface area contributed by atoms with Crippen LogP contribution in [0.25, 0.3) is 0 Å². The molecule has 0 aliphatic carbocycles. The molecule has 146 valence electrons. The summed E-state index contributed by atoms with van der Waals surface area (Å²) in [6.07, 6.45) is 2.98. The van der Waals surface area contributed by atoms with Crippen LogP contribution < -0.4 is 15.4 Å². The molecule has 2 aliphatic heterocycles. The minimum Gasteiger partial charge on any atom is -0.467 e. The zero-order valence-electron chi connectivity index (χ0n) is 16.0. The zero-order chi connectivity index (χ0) is 19.4. The number of aryl methyl sites for hydroxylation is 1. The van der Waals surface area contributed by atoms with Crippen molar-refractivity contribution in [1.29, 1.82) is 0 Å². The molecule has 2 N–H and O–H groups in total. The van der Waals surface area contributed by atoms with E-state index in [1.54, 1.807) is 17.0 Å². The fourth-order valence-electron chi connectivity index (χ4n) is 3.48. The van der Waals surface area contributed by atoms with Crippen molar-refractivity contribution in [2.45, 2.75) is 51.7 Å². The van der Waals surface area contributed by atoms with Gasteiger partial charge in [0, 0.05) is 32.4 Å². The van der Waals surface area contributed by atoms with E-state index in [9.17, 15) is 14.4 Å². The average Bonchev–Trinajstić information content (AvgIpc) is 2.77. The Kier molecular flexibility index (Phi) is 5.68. The first-order valence-corrected chi connectivity index (χ1v) is 9.59. The number of carbonyl (C=O) groups excluding carboxylic acids is 3. The van der Waals surface area contributed by atoms with E-state index in [1.807, 2.05) is 13.0 Å². The van der Waals surface area contributed by atoms with E-state index in [4.69, 9.17) is 4.74 Å². The molecule has 3 rings (SSSR count). The summed E-state index contributed by atoms with van der Waals surface area (Å²) in [6.45, 7) is 5.01. The Morgan fingerprint density at radius 2 is 2.15 bits per heavy atom. The fourth-order valence-corrected chi connectivity index (χ4v) is 3.48. The summed E-state index contributed by atoms with van der Waals surface area (Å²) in [6, 6.07) is 5.50. The van der Waals surface area contributed by atoms with Crippen LogP contribution in [0.1, 0.15) is 54.9 Å². The number of nitrogens with zero attached hydrogens (tertiary/aromatic N) is 1. The highest BCUT2D eigenvalue weighted by Crippen LogP contribution is 2.34. The molecule has 1 aromatic rings. The van der Waals surface area contributed by atoms with Crippen molar-refractivity contribution in [1.82, 2.24) is 15.5 Å². The van der Waals surface area contributed by atoms with Gasteiger partial charge in [0.1, 0.15) is 5.75 Å². The van der Waals surface area contributed by atoms with Gasteiger partial charge in [0.2, 0.25) is 11.8 Å². The highest BCUT2D eigenvalue weighted by molar-refractivity contribution is 5.98. The quantitative estimate of drug-likeness (QED) is 0.770. The molecular weight excluding hydrogens is 346 g/mol. The van der Waals surface area contributed by atoms with Crippen LogP contribution in [0, 0.1) is 6.92 Å². The van der Waals surface area contributed by atoms with Crippen LogP contribution in [0.5, 0.6) is 5.75 Å². The molecule has 0 radical (unpaired) electrons. The molecule has 7 nitrogen and oxygen atoms in total. The van der Waals surface area contributed by atoms with E-state index >= 15 is 0 Å². The Morgan fingerprint density at radius 1 is 1.33 bits per heavy atom. The number of unbranched alkanes of at least 4 members (excludes halogenated alkanes) is 1. The largest absolute Gasteiger partial charge is 0.467 e. The highest BCUT2D eigenvalue weighted by atomic mass is 16.5. The summed E-state index contributed by atoms with van der Waals surface area (Å²) < 4.78 is 6.14. The lowest BCUT2D eigenvalue weighted by molar-refractivity contribution is -0.135. The molecule has 3 amide bonds. The van der Waals surface area contributed by atoms with Crippen LogP contribution in [0.15, 0.2) is 18.2 Å². The van der Waals surface area contributed by atoms with Crippen molar-refractivity contribution in [2.75, 3.05) is 19.6 Å². The molecule has 0 saturated carbocycles. The van der Waals surface area contributed by atoms with Gasteiger partial charge in [0.25, 0.3) is 5.91 Å². The second-order valence-corrected chi connectivity index (χ2v) is 7.32. The van der Waals surface area contributed by atoms with Crippen LogP contribution in [0.4, 0.5) is 0 Å². The molecule has 1 spiro atoms. The predicted octanol–water partition coefficient (Wildman–Crippen LogP) is 1.74. The van der Waals surface area contributed by atoms with Crippen LogP contribution in [-0.2, 0) is 9.59 Å². The van der Waals surface area contributed by atoms with Gasteiger partial charge < -0.3 is 20.3 Å². The van der Waals surface area contributed by atoms with E-state index in [0.29, 0.717) is 37.2 Å². The third-order valence-corrected chi connectivity index (χ3v) is 5.09. The number of amides is 3. The topological polar surface area (TPSA) is 87.7 Å². The molecule has 1 unspecified atom stereocenters. The lowest BCUT2D eigenvalue weighted by atomic mass is 9.99. The maximum atomic E-state index is 12.6. The molecule has 2 aliphatic rings. The van der Waals surface area contributed by atoms with Gasteiger partial charge in [-0.2, -0.15) is 0 Å². The molecule has 7 heteroatoms. The van der Waals surface area contributed by atoms with E-state index < -0.39 is 5.72 Å². The van der Waals surface area contributed by atoms with Gasteiger partial charge in [-0.1, -0.05) is 25.0 Å². The van der Waals surface area contributed by atoms with Gasteiger partial charge in [-0.05, 0) is 25.5 Å². The molecule has 0 aromatic heterocycles. The van der Waals surface area contributed by atoms with Gasteiger partial charge in [-0.3, -0.25) is 14.4 Å². The third kappa shape index (κ3) is 4.40. The van der Waals surface area contributed by atoms with E-state index in [1.165, 1.54) is 0 Å².